The predicted molar refractivity (Wildman–Crippen MR) is 76.3 cm³/mol. The molecule has 1 aromatic carbocycles. The number of rotatable bonds is 0. The average molecular weight is 302 g/mol. The number of aromatic hydroxyl groups is 2. The van der Waals surface area contributed by atoms with Crippen molar-refractivity contribution in [3.8, 4) is 11.5 Å². The standard InChI is InChI=1S/C16H14O6/c17-10-2-1-8-13-9-4-12(19)11(18)3-7(9)5-16(13,21)6-22-15(8)14(10)20/h3-5,17-21H,1-2,6H2. The summed E-state index contributed by atoms with van der Waals surface area (Å²) in [6.07, 6.45) is 2.21. The molecule has 22 heavy (non-hydrogen) atoms. The third-order valence-electron chi connectivity index (χ3n) is 4.36. The Hall–Kier alpha value is -2.60. The fourth-order valence-corrected chi connectivity index (χ4v) is 3.35. The van der Waals surface area contributed by atoms with Gasteiger partial charge < -0.3 is 30.3 Å². The fraction of sp³-hybridized carbons (Fsp3) is 0.250. The van der Waals surface area contributed by atoms with Gasteiger partial charge in [-0.3, -0.25) is 0 Å². The topological polar surface area (TPSA) is 110 Å². The molecule has 1 aromatic rings. The first-order valence-corrected chi connectivity index (χ1v) is 6.90. The largest absolute Gasteiger partial charge is 0.508 e. The van der Waals surface area contributed by atoms with E-state index in [1.807, 2.05) is 0 Å². The number of hydrogen-bond acceptors (Lipinski definition) is 6. The van der Waals surface area contributed by atoms with Gasteiger partial charge in [0.15, 0.2) is 23.0 Å². The summed E-state index contributed by atoms with van der Waals surface area (Å²) >= 11 is 0. The van der Waals surface area contributed by atoms with Crippen LogP contribution >= 0.6 is 0 Å². The highest BCUT2D eigenvalue weighted by Gasteiger charge is 2.43. The van der Waals surface area contributed by atoms with E-state index in [0.29, 0.717) is 28.0 Å². The Morgan fingerprint density at radius 2 is 1.73 bits per heavy atom. The first-order valence-electron chi connectivity index (χ1n) is 6.90. The maximum Gasteiger partial charge on any atom is 0.196 e. The number of aliphatic hydroxyl groups excluding tert-OH is 2. The first kappa shape index (κ1) is 13.1. The number of fused-ring (bicyclic) bond motifs is 3. The molecule has 0 amide bonds. The Balaban J connectivity index is 2.09. The second kappa shape index (κ2) is 3.98. The van der Waals surface area contributed by atoms with Gasteiger partial charge in [-0.2, -0.15) is 0 Å². The molecule has 3 aliphatic rings. The number of phenols is 2. The smallest absolute Gasteiger partial charge is 0.196 e. The predicted octanol–water partition coefficient (Wildman–Crippen LogP) is 0.179. The molecule has 1 atom stereocenters. The molecule has 0 saturated heterocycles. The molecule has 6 heteroatoms. The van der Waals surface area contributed by atoms with Gasteiger partial charge in [-0.25, -0.2) is 0 Å². The Morgan fingerprint density at radius 3 is 2.50 bits per heavy atom. The Kier molecular flexibility index (Phi) is 2.37. The van der Waals surface area contributed by atoms with Crippen molar-refractivity contribution in [3.63, 3.8) is 0 Å². The van der Waals surface area contributed by atoms with Crippen molar-refractivity contribution in [2.75, 3.05) is 6.61 Å². The van der Waals surface area contributed by atoms with E-state index in [1.54, 1.807) is 6.08 Å². The van der Waals surface area contributed by atoms with Crippen LogP contribution in [0.4, 0.5) is 0 Å². The maximum absolute atomic E-state index is 10.8. The van der Waals surface area contributed by atoms with Crippen molar-refractivity contribution >= 4 is 11.6 Å². The molecule has 1 heterocycles. The second-order valence-electron chi connectivity index (χ2n) is 5.76. The fourth-order valence-electron chi connectivity index (χ4n) is 3.35. The molecule has 2 aliphatic carbocycles. The van der Waals surface area contributed by atoms with E-state index in [-0.39, 0.29) is 41.8 Å². The van der Waals surface area contributed by atoms with Gasteiger partial charge in [0.05, 0.1) is 0 Å². The SMILES string of the molecule is OC1=C(O)C2=C(CC1)C1=c3cc(O)c(O)cc3=CC1(O)CO2. The number of benzene rings is 1. The van der Waals surface area contributed by atoms with Crippen molar-refractivity contribution in [1.82, 2.24) is 0 Å². The Morgan fingerprint density at radius 1 is 1.00 bits per heavy atom. The van der Waals surface area contributed by atoms with E-state index < -0.39 is 5.60 Å². The molecule has 6 nitrogen and oxygen atoms in total. The van der Waals surface area contributed by atoms with Crippen LogP contribution < -0.4 is 10.4 Å². The van der Waals surface area contributed by atoms with Crippen LogP contribution in [-0.2, 0) is 4.74 Å². The van der Waals surface area contributed by atoms with Crippen LogP contribution in [0.2, 0.25) is 0 Å². The minimum atomic E-state index is -1.38. The molecule has 0 fully saturated rings. The van der Waals surface area contributed by atoms with Gasteiger partial charge >= 0.3 is 0 Å². The van der Waals surface area contributed by atoms with Crippen molar-refractivity contribution < 1.29 is 30.3 Å². The molecule has 0 bridgehead atoms. The third-order valence-corrected chi connectivity index (χ3v) is 4.36. The van der Waals surface area contributed by atoms with E-state index >= 15 is 0 Å². The third kappa shape index (κ3) is 1.52. The lowest BCUT2D eigenvalue weighted by Crippen LogP contribution is -2.39. The zero-order chi connectivity index (χ0) is 15.6. The molecule has 114 valence electrons. The van der Waals surface area contributed by atoms with Crippen LogP contribution in [0, 0.1) is 0 Å². The van der Waals surface area contributed by atoms with Gasteiger partial charge in [0.2, 0.25) is 0 Å². The monoisotopic (exact) mass is 302 g/mol. The number of allylic oxidation sites excluding steroid dienone is 1. The summed E-state index contributed by atoms with van der Waals surface area (Å²) in [7, 11) is 0. The summed E-state index contributed by atoms with van der Waals surface area (Å²) in [6.45, 7) is -0.116. The number of aliphatic hydroxyl groups is 3. The Bertz CT molecular complexity index is 892. The first-order chi connectivity index (χ1) is 10.4. The number of hydrogen-bond donors (Lipinski definition) is 5. The van der Waals surface area contributed by atoms with Crippen molar-refractivity contribution in [2.24, 2.45) is 0 Å². The molecule has 0 saturated carbocycles. The molecule has 0 spiro atoms. The number of phenolic OH excluding ortho intramolecular Hbond substituents is 2. The van der Waals surface area contributed by atoms with Gasteiger partial charge in [-0.15, -0.1) is 0 Å². The maximum atomic E-state index is 10.8. The molecule has 0 aromatic heterocycles. The highest BCUT2D eigenvalue weighted by molar-refractivity contribution is 5.84. The molecule has 0 radical (unpaired) electrons. The lowest BCUT2D eigenvalue weighted by molar-refractivity contribution is 0.0483. The van der Waals surface area contributed by atoms with Crippen molar-refractivity contribution in [2.45, 2.75) is 18.4 Å². The van der Waals surface area contributed by atoms with Crippen LogP contribution in [0.1, 0.15) is 12.8 Å². The molecule has 1 unspecified atom stereocenters. The van der Waals surface area contributed by atoms with Crippen LogP contribution in [0.15, 0.2) is 35.0 Å². The quantitative estimate of drug-likeness (QED) is 0.437. The van der Waals surface area contributed by atoms with Crippen LogP contribution in [0.25, 0.3) is 11.6 Å². The van der Waals surface area contributed by atoms with E-state index in [0.717, 1.165) is 0 Å². The van der Waals surface area contributed by atoms with Crippen molar-refractivity contribution in [3.05, 3.63) is 45.4 Å². The van der Waals surface area contributed by atoms with Crippen LogP contribution in [0.3, 0.4) is 0 Å². The number of ether oxygens (including phenoxy) is 1. The lowest BCUT2D eigenvalue weighted by atomic mass is 9.83. The zero-order valence-corrected chi connectivity index (χ0v) is 11.5. The normalized spacial score (nSPS) is 26.1. The van der Waals surface area contributed by atoms with E-state index in [2.05, 4.69) is 0 Å². The van der Waals surface area contributed by atoms with E-state index in [4.69, 9.17) is 4.74 Å². The van der Waals surface area contributed by atoms with Gasteiger partial charge in [0.25, 0.3) is 0 Å². The van der Waals surface area contributed by atoms with Gasteiger partial charge in [0.1, 0.15) is 18.0 Å². The van der Waals surface area contributed by atoms with E-state index in [9.17, 15) is 25.5 Å². The van der Waals surface area contributed by atoms with Crippen molar-refractivity contribution in [1.29, 1.82) is 0 Å². The van der Waals surface area contributed by atoms with Gasteiger partial charge in [-0.1, -0.05) is 0 Å². The zero-order valence-electron chi connectivity index (χ0n) is 11.5. The molecule has 4 rings (SSSR count). The minimum Gasteiger partial charge on any atom is -0.508 e. The Labute approximate surface area is 124 Å². The summed E-state index contributed by atoms with van der Waals surface area (Å²) in [5.74, 6) is -0.835. The van der Waals surface area contributed by atoms with Gasteiger partial charge in [-0.05, 0) is 35.1 Å². The van der Waals surface area contributed by atoms with Crippen LogP contribution in [-0.4, -0.2) is 37.7 Å². The second-order valence-corrected chi connectivity index (χ2v) is 5.76. The van der Waals surface area contributed by atoms with Crippen LogP contribution in [0.5, 0.6) is 11.5 Å². The van der Waals surface area contributed by atoms with Gasteiger partial charge in [0, 0.05) is 17.6 Å². The molecular formula is C16H14O6. The molecule has 5 N–H and O–H groups in total. The summed E-state index contributed by atoms with van der Waals surface area (Å²) in [5, 5.41) is 51.0. The lowest BCUT2D eigenvalue weighted by Gasteiger charge is -2.35. The summed E-state index contributed by atoms with van der Waals surface area (Å²) < 4.78 is 5.46. The highest BCUT2D eigenvalue weighted by Crippen LogP contribution is 2.43. The summed E-state index contributed by atoms with van der Waals surface area (Å²) in [5.41, 5.74) is -0.239. The minimum absolute atomic E-state index is 0.116. The molecular weight excluding hydrogens is 288 g/mol. The molecule has 1 aliphatic heterocycles. The summed E-state index contributed by atoms with van der Waals surface area (Å²) in [4.78, 5) is 0. The van der Waals surface area contributed by atoms with E-state index in [1.165, 1.54) is 12.1 Å². The summed E-state index contributed by atoms with van der Waals surface area (Å²) in [6, 6.07) is 2.77. The highest BCUT2D eigenvalue weighted by atomic mass is 16.5. The average Bonchev–Trinajstić information content (AvgIpc) is 2.75.